The molecule has 5 heteroatoms. The van der Waals surface area contributed by atoms with Crippen LogP contribution in [0, 0.1) is 16.0 Å². The van der Waals surface area contributed by atoms with Crippen molar-refractivity contribution in [1.82, 2.24) is 4.98 Å². The third-order valence-corrected chi connectivity index (χ3v) is 3.11. The molecule has 17 heavy (non-hydrogen) atoms. The van der Waals surface area contributed by atoms with Crippen molar-refractivity contribution in [3.8, 4) is 0 Å². The van der Waals surface area contributed by atoms with Crippen LogP contribution in [0.5, 0.6) is 0 Å². The van der Waals surface area contributed by atoms with Gasteiger partial charge in [-0.25, -0.2) is 0 Å². The maximum atomic E-state index is 10.5. The highest BCUT2D eigenvalue weighted by molar-refractivity contribution is 5.44. The average molecular weight is 235 g/mol. The lowest BCUT2D eigenvalue weighted by molar-refractivity contribution is -0.389. The van der Waals surface area contributed by atoms with E-state index >= 15 is 0 Å². The van der Waals surface area contributed by atoms with Crippen LogP contribution in [-0.2, 0) is 0 Å². The largest absolute Gasteiger partial charge is 0.379 e. The summed E-state index contributed by atoms with van der Waals surface area (Å²) in [5, 5.41) is 13.8. The second-order valence-corrected chi connectivity index (χ2v) is 4.59. The van der Waals surface area contributed by atoms with Gasteiger partial charge in [0.05, 0.1) is 5.69 Å². The van der Waals surface area contributed by atoms with Gasteiger partial charge < -0.3 is 15.4 Å². The van der Waals surface area contributed by atoms with Crippen LogP contribution < -0.4 is 5.32 Å². The van der Waals surface area contributed by atoms with E-state index in [9.17, 15) is 10.1 Å². The van der Waals surface area contributed by atoms with Crippen molar-refractivity contribution in [2.75, 3.05) is 5.32 Å². The second kappa shape index (κ2) is 5.12. The fraction of sp³-hybridized carbons (Fsp3) is 0.583. The van der Waals surface area contributed by atoms with Crippen molar-refractivity contribution in [2.45, 2.75) is 38.6 Å². The Labute approximate surface area is 100 Å². The van der Waals surface area contributed by atoms with E-state index in [1.807, 2.05) is 0 Å². The Morgan fingerprint density at radius 1 is 1.59 bits per heavy atom. The van der Waals surface area contributed by atoms with E-state index in [4.69, 9.17) is 0 Å². The van der Waals surface area contributed by atoms with Crippen LogP contribution in [0.1, 0.15) is 32.6 Å². The Balaban J connectivity index is 1.94. The highest BCUT2D eigenvalue weighted by Gasteiger charge is 2.24. The molecule has 1 heterocycles. The van der Waals surface area contributed by atoms with Gasteiger partial charge in [-0.2, -0.15) is 0 Å². The van der Waals surface area contributed by atoms with E-state index < -0.39 is 4.92 Å². The van der Waals surface area contributed by atoms with Gasteiger partial charge in [0, 0.05) is 12.1 Å². The van der Waals surface area contributed by atoms with Gasteiger partial charge in [0.1, 0.15) is 0 Å². The minimum Gasteiger partial charge on any atom is -0.379 e. The first-order valence-electron chi connectivity index (χ1n) is 6.06. The molecule has 0 amide bonds. The summed E-state index contributed by atoms with van der Waals surface area (Å²) in [5.74, 6) is 0.768. The summed E-state index contributed by atoms with van der Waals surface area (Å²) in [6, 6.07) is 3.61. The highest BCUT2D eigenvalue weighted by atomic mass is 16.6. The van der Waals surface area contributed by atoms with E-state index in [1.54, 1.807) is 6.07 Å². The molecule has 1 unspecified atom stereocenters. The predicted octanol–water partition coefficient (Wildman–Crippen LogP) is 2.98. The Morgan fingerprint density at radius 3 is 2.82 bits per heavy atom. The Bertz CT molecular complexity index is 387. The number of pyridine rings is 1. The predicted molar refractivity (Wildman–Crippen MR) is 65.9 cm³/mol. The van der Waals surface area contributed by atoms with Crippen molar-refractivity contribution >= 4 is 11.5 Å². The van der Waals surface area contributed by atoms with Crippen LogP contribution in [0.4, 0.5) is 11.5 Å². The summed E-state index contributed by atoms with van der Waals surface area (Å²) < 4.78 is 0. The zero-order chi connectivity index (χ0) is 12.3. The molecule has 92 valence electrons. The van der Waals surface area contributed by atoms with Crippen LogP contribution in [-0.4, -0.2) is 15.9 Å². The van der Waals surface area contributed by atoms with Crippen LogP contribution in [0.25, 0.3) is 0 Å². The number of rotatable bonds is 6. The van der Waals surface area contributed by atoms with E-state index in [0.717, 1.165) is 18.0 Å². The molecule has 0 aromatic carbocycles. The lowest BCUT2D eigenvalue weighted by Crippen LogP contribution is -2.19. The zero-order valence-corrected chi connectivity index (χ0v) is 9.93. The summed E-state index contributed by atoms with van der Waals surface area (Å²) in [5.41, 5.74) is 0.864. The molecule has 0 spiro atoms. The number of hydrogen-bond donors (Lipinski definition) is 1. The maximum Gasteiger partial charge on any atom is 0.363 e. The number of anilines is 1. The van der Waals surface area contributed by atoms with Crippen molar-refractivity contribution in [1.29, 1.82) is 0 Å². The molecule has 1 saturated carbocycles. The van der Waals surface area contributed by atoms with Crippen molar-refractivity contribution in [3.63, 3.8) is 0 Å². The summed E-state index contributed by atoms with van der Waals surface area (Å²) in [7, 11) is 0. The smallest absolute Gasteiger partial charge is 0.363 e. The van der Waals surface area contributed by atoms with Crippen molar-refractivity contribution < 1.29 is 4.92 Å². The number of hydrogen-bond acceptors (Lipinski definition) is 4. The van der Waals surface area contributed by atoms with Gasteiger partial charge in [-0.1, -0.05) is 19.8 Å². The standard InChI is InChI=1S/C12H17N3O2/c1-2-10(7-9-3-4-9)14-11-5-6-12(13-8-11)15(16)17/h5-6,8-10,14H,2-4,7H2,1H3. The van der Waals surface area contributed by atoms with E-state index in [-0.39, 0.29) is 5.82 Å². The molecule has 1 aliphatic carbocycles. The number of nitrogens with one attached hydrogen (secondary N) is 1. The second-order valence-electron chi connectivity index (χ2n) is 4.59. The molecule has 5 nitrogen and oxygen atoms in total. The Hall–Kier alpha value is -1.65. The topological polar surface area (TPSA) is 68.1 Å². The zero-order valence-electron chi connectivity index (χ0n) is 9.93. The van der Waals surface area contributed by atoms with Gasteiger partial charge >= 0.3 is 5.82 Å². The lowest BCUT2D eigenvalue weighted by atomic mass is 10.1. The van der Waals surface area contributed by atoms with Gasteiger partial charge in [-0.05, 0) is 34.7 Å². The summed E-state index contributed by atoms with van der Waals surface area (Å²) in [6.07, 6.45) is 6.47. The first-order chi connectivity index (χ1) is 8.19. The molecule has 1 fully saturated rings. The molecular formula is C12H17N3O2. The fourth-order valence-electron chi connectivity index (χ4n) is 1.90. The van der Waals surface area contributed by atoms with Gasteiger partial charge in [0.15, 0.2) is 6.20 Å². The van der Waals surface area contributed by atoms with Crippen molar-refractivity contribution in [3.05, 3.63) is 28.4 Å². The summed E-state index contributed by atoms with van der Waals surface area (Å²) in [4.78, 5) is 13.8. The van der Waals surface area contributed by atoms with E-state index in [2.05, 4.69) is 17.2 Å². The third kappa shape index (κ3) is 3.41. The highest BCUT2D eigenvalue weighted by Crippen LogP contribution is 2.34. The summed E-state index contributed by atoms with van der Waals surface area (Å²) >= 11 is 0. The Morgan fingerprint density at radius 2 is 2.35 bits per heavy atom. The average Bonchev–Trinajstić information content (AvgIpc) is 3.13. The van der Waals surface area contributed by atoms with Crippen molar-refractivity contribution in [2.24, 2.45) is 5.92 Å². The van der Waals surface area contributed by atoms with Crippen LogP contribution in [0.2, 0.25) is 0 Å². The first kappa shape index (κ1) is 11.8. The van der Waals surface area contributed by atoms with Crippen LogP contribution in [0.3, 0.4) is 0 Å². The molecule has 1 aliphatic rings. The normalized spacial score (nSPS) is 16.5. The minimum absolute atomic E-state index is 0.106. The number of nitro groups is 1. The summed E-state index contributed by atoms with van der Waals surface area (Å²) in [6.45, 7) is 2.15. The van der Waals surface area contributed by atoms with E-state index in [1.165, 1.54) is 31.5 Å². The molecular weight excluding hydrogens is 218 g/mol. The minimum atomic E-state index is -0.481. The van der Waals surface area contributed by atoms with Gasteiger partial charge in [-0.3, -0.25) is 0 Å². The Kier molecular flexibility index (Phi) is 3.56. The SMILES string of the molecule is CCC(CC1CC1)Nc1ccc([N+](=O)[O-])nc1. The van der Waals surface area contributed by atoms with Crippen LogP contribution >= 0.6 is 0 Å². The molecule has 0 radical (unpaired) electrons. The molecule has 1 aromatic rings. The molecule has 1 N–H and O–H groups in total. The van der Waals surface area contributed by atoms with Crippen LogP contribution in [0.15, 0.2) is 18.3 Å². The maximum absolute atomic E-state index is 10.5. The van der Waals surface area contributed by atoms with E-state index in [0.29, 0.717) is 6.04 Å². The third-order valence-electron chi connectivity index (χ3n) is 3.11. The molecule has 0 bridgehead atoms. The lowest BCUT2D eigenvalue weighted by Gasteiger charge is -2.16. The molecule has 0 saturated heterocycles. The fourth-order valence-corrected chi connectivity index (χ4v) is 1.90. The molecule has 1 aromatic heterocycles. The van der Waals surface area contributed by atoms with Gasteiger partial charge in [0.2, 0.25) is 0 Å². The molecule has 2 rings (SSSR count). The molecule has 0 aliphatic heterocycles. The monoisotopic (exact) mass is 235 g/mol. The quantitative estimate of drug-likeness (QED) is 0.608. The van der Waals surface area contributed by atoms with Gasteiger partial charge in [-0.15, -0.1) is 0 Å². The molecule has 1 atom stereocenters. The van der Waals surface area contributed by atoms with Gasteiger partial charge in [0.25, 0.3) is 0 Å². The first-order valence-corrected chi connectivity index (χ1v) is 6.06. The number of aromatic nitrogens is 1. The number of nitrogens with zero attached hydrogens (tertiary/aromatic N) is 2.